The molecule has 3 rings (SSSR count). The van der Waals surface area contributed by atoms with Gasteiger partial charge in [0.1, 0.15) is 5.25 Å². The average Bonchev–Trinajstić information content (AvgIpc) is 2.82. The minimum atomic E-state index is -0.693. The number of para-hydroxylation sites is 1. The Balaban J connectivity index is 1.67. The molecule has 0 fully saturated rings. The van der Waals surface area contributed by atoms with Crippen LogP contribution in [0, 0.1) is 0 Å². The van der Waals surface area contributed by atoms with Crippen molar-refractivity contribution in [3.8, 4) is 0 Å². The van der Waals surface area contributed by atoms with Crippen LogP contribution < -0.4 is 16.2 Å². The second kappa shape index (κ2) is 10.8. The van der Waals surface area contributed by atoms with Gasteiger partial charge in [-0.2, -0.15) is 0 Å². The quantitative estimate of drug-likeness (QED) is 0.307. The van der Waals surface area contributed by atoms with Crippen molar-refractivity contribution in [2.45, 2.75) is 10.1 Å². The van der Waals surface area contributed by atoms with Crippen LogP contribution in [0.1, 0.15) is 21.2 Å². The highest BCUT2D eigenvalue weighted by molar-refractivity contribution is 8.00. The van der Waals surface area contributed by atoms with E-state index in [9.17, 15) is 14.4 Å². The number of carbonyl (C=O) groups is 3. The van der Waals surface area contributed by atoms with Crippen LogP contribution in [0.25, 0.3) is 0 Å². The average molecular weight is 436 g/mol. The second-order valence-electron chi connectivity index (χ2n) is 6.33. The van der Waals surface area contributed by atoms with Crippen LogP contribution in [-0.4, -0.2) is 25.0 Å². The molecule has 8 heteroatoms. The zero-order chi connectivity index (χ0) is 22.1. The highest BCUT2D eigenvalue weighted by Gasteiger charge is 2.22. The summed E-state index contributed by atoms with van der Waals surface area (Å²) in [4.78, 5) is 37.9. The van der Waals surface area contributed by atoms with Crippen LogP contribution in [-0.2, 0) is 9.53 Å². The number of hydrazine groups is 1. The van der Waals surface area contributed by atoms with Gasteiger partial charge in [-0.25, -0.2) is 15.0 Å². The number of ether oxygens (including phenoxy) is 1. The third-order valence-corrected chi connectivity index (χ3v) is 5.48. The van der Waals surface area contributed by atoms with Gasteiger partial charge in [-0.3, -0.25) is 10.2 Å². The fourth-order valence-electron chi connectivity index (χ4n) is 2.75. The number of anilines is 1. The van der Waals surface area contributed by atoms with E-state index < -0.39 is 23.2 Å². The van der Waals surface area contributed by atoms with E-state index in [1.165, 1.54) is 24.9 Å². The molecule has 0 spiro atoms. The molecule has 0 radical (unpaired) electrons. The van der Waals surface area contributed by atoms with Crippen molar-refractivity contribution in [3.05, 3.63) is 96.1 Å². The summed E-state index contributed by atoms with van der Waals surface area (Å²) in [5.74, 6) is -0.972. The number of thioether (sulfide) groups is 1. The molecule has 0 saturated carbocycles. The minimum absolute atomic E-state index is 0.202. The van der Waals surface area contributed by atoms with E-state index >= 15 is 0 Å². The maximum absolute atomic E-state index is 12.9. The zero-order valence-electron chi connectivity index (χ0n) is 16.7. The summed E-state index contributed by atoms with van der Waals surface area (Å²) in [6.45, 7) is 0. The predicted molar refractivity (Wildman–Crippen MR) is 120 cm³/mol. The van der Waals surface area contributed by atoms with Crippen molar-refractivity contribution in [3.63, 3.8) is 0 Å². The standard InChI is InChI=1S/C23H21N3O4S/c1-30-22(28)18-14-8-9-15-19(18)24-23(29)26-25-21(27)20(16-10-4-2-5-11-16)31-17-12-6-3-7-13-17/h2-15,20H,1H3,(H,25,27)(H2,24,26,29). The summed E-state index contributed by atoms with van der Waals surface area (Å²) >= 11 is 1.37. The summed E-state index contributed by atoms with van der Waals surface area (Å²) in [5.41, 5.74) is 6.05. The van der Waals surface area contributed by atoms with E-state index in [1.54, 1.807) is 18.2 Å². The maximum atomic E-state index is 12.9. The molecule has 0 heterocycles. The minimum Gasteiger partial charge on any atom is -0.465 e. The normalized spacial score (nSPS) is 11.1. The Morgan fingerprint density at radius 2 is 1.42 bits per heavy atom. The first-order valence-corrected chi connectivity index (χ1v) is 10.3. The Labute approximate surface area is 184 Å². The van der Waals surface area contributed by atoms with Gasteiger partial charge >= 0.3 is 12.0 Å². The van der Waals surface area contributed by atoms with Crippen LogP contribution in [0.4, 0.5) is 10.5 Å². The first-order valence-electron chi connectivity index (χ1n) is 9.39. The summed E-state index contributed by atoms with van der Waals surface area (Å²) < 4.78 is 4.71. The molecule has 0 aliphatic carbocycles. The van der Waals surface area contributed by atoms with E-state index in [-0.39, 0.29) is 11.3 Å². The van der Waals surface area contributed by atoms with Crippen molar-refractivity contribution in [1.29, 1.82) is 0 Å². The Kier molecular flexibility index (Phi) is 7.67. The van der Waals surface area contributed by atoms with E-state index in [4.69, 9.17) is 4.74 Å². The van der Waals surface area contributed by atoms with Crippen molar-refractivity contribution in [2.24, 2.45) is 0 Å². The lowest BCUT2D eigenvalue weighted by atomic mass is 10.1. The van der Waals surface area contributed by atoms with E-state index in [0.717, 1.165) is 10.5 Å². The molecule has 1 unspecified atom stereocenters. The Hall–Kier alpha value is -3.78. The van der Waals surface area contributed by atoms with Gasteiger partial charge in [-0.15, -0.1) is 11.8 Å². The largest absolute Gasteiger partial charge is 0.465 e. The summed E-state index contributed by atoms with van der Waals surface area (Å²) in [7, 11) is 1.26. The SMILES string of the molecule is COC(=O)c1ccccc1NC(=O)NNC(=O)C(Sc1ccccc1)c1ccccc1. The number of methoxy groups -OCH3 is 1. The van der Waals surface area contributed by atoms with Gasteiger partial charge in [-0.1, -0.05) is 60.7 Å². The second-order valence-corrected chi connectivity index (χ2v) is 7.51. The molecular weight excluding hydrogens is 414 g/mol. The number of nitrogens with one attached hydrogen (secondary N) is 3. The van der Waals surface area contributed by atoms with Gasteiger partial charge in [0.2, 0.25) is 0 Å². The van der Waals surface area contributed by atoms with Crippen LogP contribution in [0.15, 0.2) is 89.8 Å². The van der Waals surface area contributed by atoms with Crippen LogP contribution in [0.3, 0.4) is 0 Å². The molecule has 3 aromatic carbocycles. The van der Waals surface area contributed by atoms with E-state index in [2.05, 4.69) is 16.2 Å². The number of urea groups is 1. The van der Waals surface area contributed by atoms with E-state index in [1.807, 2.05) is 60.7 Å². The molecule has 0 aromatic heterocycles. The molecule has 31 heavy (non-hydrogen) atoms. The van der Waals surface area contributed by atoms with Crippen molar-refractivity contribution in [2.75, 3.05) is 12.4 Å². The predicted octanol–water partition coefficient (Wildman–Crippen LogP) is 4.16. The maximum Gasteiger partial charge on any atom is 0.339 e. The molecular formula is C23H21N3O4S. The lowest BCUT2D eigenvalue weighted by molar-refractivity contribution is -0.121. The topological polar surface area (TPSA) is 96.5 Å². The van der Waals surface area contributed by atoms with Crippen molar-refractivity contribution < 1.29 is 19.1 Å². The highest BCUT2D eigenvalue weighted by Crippen LogP contribution is 2.35. The first-order chi connectivity index (χ1) is 15.1. The number of esters is 1. The number of hydrogen-bond donors (Lipinski definition) is 3. The van der Waals surface area contributed by atoms with Gasteiger partial charge in [0, 0.05) is 4.90 Å². The molecule has 158 valence electrons. The Bertz CT molecular complexity index is 1040. The first kappa shape index (κ1) is 21.9. The molecule has 0 aliphatic heterocycles. The monoisotopic (exact) mass is 435 g/mol. The Morgan fingerprint density at radius 1 is 0.806 bits per heavy atom. The molecule has 3 N–H and O–H groups in total. The third kappa shape index (κ3) is 6.10. The van der Waals surface area contributed by atoms with Crippen LogP contribution in [0.5, 0.6) is 0 Å². The lowest BCUT2D eigenvalue weighted by Gasteiger charge is -2.18. The number of rotatable bonds is 6. The molecule has 0 bridgehead atoms. The van der Waals surface area contributed by atoms with Gasteiger partial charge in [0.05, 0.1) is 18.4 Å². The molecule has 0 aliphatic rings. The number of amides is 3. The number of benzene rings is 3. The molecule has 3 amide bonds. The molecule has 0 saturated heterocycles. The zero-order valence-corrected chi connectivity index (χ0v) is 17.5. The van der Waals surface area contributed by atoms with Gasteiger partial charge < -0.3 is 10.1 Å². The van der Waals surface area contributed by atoms with Crippen molar-refractivity contribution in [1.82, 2.24) is 10.9 Å². The van der Waals surface area contributed by atoms with Gasteiger partial charge in [-0.05, 0) is 29.8 Å². The fraction of sp³-hybridized carbons (Fsp3) is 0.0870. The van der Waals surface area contributed by atoms with Crippen LogP contribution >= 0.6 is 11.8 Å². The van der Waals surface area contributed by atoms with Gasteiger partial charge in [0.25, 0.3) is 5.91 Å². The van der Waals surface area contributed by atoms with Gasteiger partial charge in [0.15, 0.2) is 0 Å². The summed E-state index contributed by atoms with van der Waals surface area (Å²) in [6, 6.07) is 24.5. The number of hydrogen-bond acceptors (Lipinski definition) is 5. The van der Waals surface area contributed by atoms with Crippen LogP contribution in [0.2, 0.25) is 0 Å². The lowest BCUT2D eigenvalue weighted by Crippen LogP contribution is -2.45. The van der Waals surface area contributed by atoms with E-state index in [0.29, 0.717) is 0 Å². The summed E-state index contributed by atoms with van der Waals surface area (Å²) in [5, 5.41) is 1.96. The molecule has 1 atom stereocenters. The number of carbonyl (C=O) groups excluding carboxylic acids is 3. The Morgan fingerprint density at radius 3 is 2.10 bits per heavy atom. The van der Waals surface area contributed by atoms with Crippen molar-refractivity contribution >= 4 is 35.4 Å². The smallest absolute Gasteiger partial charge is 0.339 e. The fourth-order valence-corrected chi connectivity index (χ4v) is 3.80. The highest BCUT2D eigenvalue weighted by atomic mass is 32.2. The molecule has 3 aromatic rings. The molecule has 7 nitrogen and oxygen atoms in total. The summed E-state index contributed by atoms with van der Waals surface area (Å²) in [6.07, 6.45) is 0. The third-order valence-electron chi connectivity index (χ3n) is 4.22.